The van der Waals surface area contributed by atoms with E-state index in [4.69, 9.17) is 9.84 Å². The highest BCUT2D eigenvalue weighted by molar-refractivity contribution is 5.90. The molecule has 19 heavy (non-hydrogen) atoms. The molecule has 1 aliphatic rings. The van der Waals surface area contributed by atoms with E-state index in [2.05, 4.69) is 17.2 Å². The maximum Gasteiger partial charge on any atom is 0.341 e. The van der Waals surface area contributed by atoms with E-state index in [1.165, 1.54) is 6.08 Å². The number of aliphatic carboxylic acids is 1. The first-order valence-electron chi connectivity index (χ1n) is 6.18. The van der Waals surface area contributed by atoms with Gasteiger partial charge in [0, 0.05) is 5.56 Å². The lowest BCUT2D eigenvalue weighted by Crippen LogP contribution is -2.03. The smallest absolute Gasteiger partial charge is 0.341 e. The first-order valence-corrected chi connectivity index (χ1v) is 6.18. The van der Waals surface area contributed by atoms with Gasteiger partial charge < -0.3 is 9.84 Å². The Labute approximate surface area is 111 Å². The van der Waals surface area contributed by atoms with E-state index < -0.39 is 5.97 Å². The molecule has 1 heterocycles. The van der Waals surface area contributed by atoms with Crippen molar-refractivity contribution < 1.29 is 14.6 Å². The quantitative estimate of drug-likeness (QED) is 0.797. The summed E-state index contributed by atoms with van der Waals surface area (Å²) in [7, 11) is 0. The lowest BCUT2D eigenvalue weighted by Gasteiger charge is -2.09. The molecule has 0 aromatic heterocycles. The van der Waals surface area contributed by atoms with Gasteiger partial charge in [-0.1, -0.05) is 25.5 Å². The van der Waals surface area contributed by atoms with Crippen LogP contribution in [-0.4, -0.2) is 17.7 Å². The number of carboxylic acid groups (broad SMARTS) is 1. The van der Waals surface area contributed by atoms with E-state index in [0.29, 0.717) is 18.1 Å². The minimum absolute atomic E-state index is 0.0571. The second kappa shape index (κ2) is 6.13. The molecule has 0 atom stereocenters. The lowest BCUT2D eigenvalue weighted by atomic mass is 10.1. The Morgan fingerprint density at radius 1 is 1.32 bits per heavy atom. The molecule has 99 valence electrons. The van der Waals surface area contributed by atoms with Crippen molar-refractivity contribution in [3.8, 4) is 5.75 Å². The molecule has 0 aliphatic carbocycles. The molecule has 1 aromatic rings. The maximum absolute atomic E-state index is 10.8. The molecule has 0 bridgehead atoms. The van der Waals surface area contributed by atoms with Crippen LogP contribution in [0.3, 0.4) is 0 Å². The van der Waals surface area contributed by atoms with Crippen molar-refractivity contribution in [1.82, 2.24) is 0 Å². The van der Waals surface area contributed by atoms with Crippen molar-refractivity contribution in [2.75, 3.05) is 6.61 Å². The van der Waals surface area contributed by atoms with Gasteiger partial charge in [0.1, 0.15) is 5.75 Å². The summed E-state index contributed by atoms with van der Waals surface area (Å²) in [5.41, 5.74) is 1.28. The monoisotopic (exact) mass is 259 g/mol. The summed E-state index contributed by atoms with van der Waals surface area (Å²) < 4.78 is 5.69. The molecule has 0 saturated heterocycles. The molecule has 5 heteroatoms. The zero-order chi connectivity index (χ0) is 13.7. The van der Waals surface area contributed by atoms with Crippen LogP contribution in [0.2, 0.25) is 0 Å². The molecule has 0 unspecified atom stereocenters. The van der Waals surface area contributed by atoms with Crippen molar-refractivity contribution >= 4 is 11.7 Å². The van der Waals surface area contributed by atoms with Gasteiger partial charge in [-0.2, -0.15) is 10.2 Å². The fourth-order valence-corrected chi connectivity index (χ4v) is 1.66. The molecule has 2 rings (SSSR count). The van der Waals surface area contributed by atoms with Gasteiger partial charge in [0.2, 0.25) is 6.04 Å². The normalized spacial score (nSPS) is 14.5. The lowest BCUT2D eigenvalue weighted by molar-refractivity contribution is -0.134. The summed E-state index contributed by atoms with van der Waals surface area (Å²) >= 11 is 0. The molecule has 1 N–H and O–H groups in total. The van der Waals surface area contributed by atoms with Crippen LogP contribution in [0.25, 0.3) is 5.70 Å². The first-order chi connectivity index (χ1) is 9.22. The average Bonchev–Trinajstić information content (AvgIpc) is 2.89. The molecule has 0 saturated carbocycles. The van der Waals surface area contributed by atoms with E-state index in [1.807, 2.05) is 24.3 Å². The molecule has 0 fully saturated rings. The van der Waals surface area contributed by atoms with Crippen molar-refractivity contribution in [1.29, 1.82) is 0 Å². The number of unbranched alkanes of at least 4 members (excludes halogenated alkanes) is 1. The van der Waals surface area contributed by atoms with Gasteiger partial charge in [-0.05, 0) is 24.6 Å². The van der Waals surface area contributed by atoms with E-state index in [-0.39, 0.29) is 6.04 Å². The summed E-state index contributed by atoms with van der Waals surface area (Å²) in [5, 5.41) is 16.4. The number of hydrogen-bond donors (Lipinski definition) is 1. The third-order valence-electron chi connectivity index (χ3n) is 2.68. The van der Waals surface area contributed by atoms with E-state index in [1.54, 1.807) is 0 Å². The van der Waals surface area contributed by atoms with Crippen LogP contribution in [0.5, 0.6) is 5.75 Å². The highest BCUT2D eigenvalue weighted by Crippen LogP contribution is 2.32. The summed E-state index contributed by atoms with van der Waals surface area (Å²) in [6.45, 7) is 2.73. The Bertz CT molecular complexity index is 523. The second-order valence-electron chi connectivity index (χ2n) is 4.12. The number of carbonyl (C=O) groups is 1. The van der Waals surface area contributed by atoms with E-state index in [0.717, 1.165) is 18.4 Å². The Kier molecular flexibility index (Phi) is 4.28. The average molecular weight is 259 g/mol. The van der Waals surface area contributed by atoms with Crippen molar-refractivity contribution in [2.24, 2.45) is 10.2 Å². The zero-order valence-electron chi connectivity index (χ0n) is 10.7. The second-order valence-corrected chi connectivity index (χ2v) is 4.12. The van der Waals surface area contributed by atoms with Crippen LogP contribution in [0, 0.1) is 6.04 Å². The standard InChI is InChI=1S/C14H15N2O3/c1-2-3-8-19-13-7-5-4-6-10(13)11-9-12(14(17)18)16-15-11/h4-7,9H,2-3,8H2,1H3,(H,17,18). The van der Waals surface area contributed by atoms with Gasteiger partial charge in [-0.15, -0.1) is 0 Å². The number of azo groups is 1. The van der Waals surface area contributed by atoms with Crippen molar-refractivity contribution in [3.63, 3.8) is 0 Å². The zero-order valence-corrected chi connectivity index (χ0v) is 10.7. The summed E-state index contributed by atoms with van der Waals surface area (Å²) in [4.78, 5) is 10.8. The topological polar surface area (TPSA) is 71.2 Å². The predicted octanol–water partition coefficient (Wildman–Crippen LogP) is 3.29. The molecule has 1 aromatic carbocycles. The Morgan fingerprint density at radius 3 is 2.79 bits per heavy atom. The minimum atomic E-state index is -1.08. The number of rotatable bonds is 6. The summed E-state index contributed by atoms with van der Waals surface area (Å²) in [5.74, 6) is -0.379. The first kappa shape index (κ1) is 13.3. The number of benzene rings is 1. The molecule has 5 nitrogen and oxygen atoms in total. The van der Waals surface area contributed by atoms with Crippen LogP contribution >= 0.6 is 0 Å². The van der Waals surface area contributed by atoms with Gasteiger partial charge in [0.25, 0.3) is 0 Å². The molecule has 0 spiro atoms. The molecule has 0 amide bonds. The van der Waals surface area contributed by atoms with Crippen LogP contribution in [-0.2, 0) is 4.79 Å². The van der Waals surface area contributed by atoms with Gasteiger partial charge in [-0.25, -0.2) is 4.79 Å². The molecule has 1 aliphatic heterocycles. The van der Waals surface area contributed by atoms with Gasteiger partial charge in [0.05, 0.1) is 12.3 Å². The summed E-state index contributed by atoms with van der Waals surface area (Å²) in [6, 6.07) is 7.37. The van der Waals surface area contributed by atoms with Crippen LogP contribution < -0.4 is 4.74 Å². The highest BCUT2D eigenvalue weighted by atomic mass is 16.5. The van der Waals surface area contributed by atoms with Gasteiger partial charge in [-0.3, -0.25) is 0 Å². The third-order valence-corrected chi connectivity index (χ3v) is 2.68. The molecular weight excluding hydrogens is 244 g/mol. The van der Waals surface area contributed by atoms with E-state index in [9.17, 15) is 4.79 Å². The maximum atomic E-state index is 10.8. The Morgan fingerprint density at radius 2 is 2.11 bits per heavy atom. The highest BCUT2D eigenvalue weighted by Gasteiger charge is 2.23. The van der Waals surface area contributed by atoms with Crippen molar-refractivity contribution in [3.05, 3.63) is 41.9 Å². The number of nitrogens with zero attached hydrogens (tertiary/aromatic N) is 2. The van der Waals surface area contributed by atoms with Gasteiger partial charge in [0.15, 0.2) is 0 Å². The Balaban J connectivity index is 2.19. The fraction of sp³-hybridized carbons (Fsp3) is 0.286. The van der Waals surface area contributed by atoms with Crippen LogP contribution in [0.1, 0.15) is 25.3 Å². The number of carboxylic acids is 1. The molecular formula is C14H15N2O3. The fourth-order valence-electron chi connectivity index (χ4n) is 1.66. The van der Waals surface area contributed by atoms with E-state index >= 15 is 0 Å². The SMILES string of the molecule is CCCCOc1ccccc1C1=C[C](C(=O)O)N=N1. The van der Waals surface area contributed by atoms with Crippen LogP contribution in [0.15, 0.2) is 40.6 Å². The largest absolute Gasteiger partial charge is 0.493 e. The van der Waals surface area contributed by atoms with Gasteiger partial charge >= 0.3 is 5.97 Å². The summed E-state index contributed by atoms with van der Waals surface area (Å²) in [6.07, 6.45) is 3.48. The number of ether oxygens (including phenoxy) is 1. The van der Waals surface area contributed by atoms with Crippen molar-refractivity contribution in [2.45, 2.75) is 19.8 Å². The minimum Gasteiger partial charge on any atom is -0.493 e. The number of para-hydroxylation sites is 1. The van der Waals surface area contributed by atoms with Crippen LogP contribution in [0.4, 0.5) is 0 Å². The third kappa shape index (κ3) is 3.19. The predicted molar refractivity (Wildman–Crippen MR) is 70.6 cm³/mol. The molecule has 1 radical (unpaired) electrons. The number of hydrogen-bond acceptors (Lipinski definition) is 4. The Hall–Kier alpha value is -2.17.